The predicted octanol–water partition coefficient (Wildman–Crippen LogP) is 2.97. The van der Waals surface area contributed by atoms with Crippen LogP contribution in [0.25, 0.3) is 0 Å². The minimum absolute atomic E-state index is 0.0576. The number of nitrogens with one attached hydrogen (secondary N) is 1. The zero-order valence-electron chi connectivity index (χ0n) is 14.7. The molecule has 0 heterocycles. The van der Waals surface area contributed by atoms with Gasteiger partial charge in [-0.1, -0.05) is 26.0 Å². The molecule has 0 saturated heterocycles. The highest BCUT2D eigenvalue weighted by Crippen LogP contribution is 2.36. The van der Waals surface area contributed by atoms with Gasteiger partial charge in [-0.15, -0.1) is 0 Å². The van der Waals surface area contributed by atoms with Gasteiger partial charge in [0.05, 0.1) is 26.2 Å². The van der Waals surface area contributed by atoms with Gasteiger partial charge < -0.3 is 14.4 Å². The van der Waals surface area contributed by atoms with E-state index in [1.807, 2.05) is 52.0 Å². The number of hydrogen-bond acceptors (Lipinski definition) is 4. The Morgan fingerprint density at radius 2 is 1.57 bits per heavy atom. The molecule has 1 aromatic carbocycles. The van der Waals surface area contributed by atoms with Crippen molar-refractivity contribution in [2.45, 2.75) is 41.0 Å². The molecule has 0 aromatic heterocycles. The van der Waals surface area contributed by atoms with Crippen molar-refractivity contribution in [3.63, 3.8) is 0 Å². The number of benzene rings is 1. The third-order valence-electron chi connectivity index (χ3n) is 2.54. The van der Waals surface area contributed by atoms with Crippen molar-refractivity contribution in [2.24, 2.45) is 0 Å². The highest BCUT2D eigenvalue weighted by atomic mass is 31.2. The van der Waals surface area contributed by atoms with E-state index in [1.54, 1.807) is 0 Å². The Labute approximate surface area is 140 Å². The van der Waals surface area contributed by atoms with Crippen LogP contribution in [0.5, 0.6) is 0 Å². The van der Waals surface area contributed by atoms with E-state index < -0.39 is 8.38 Å². The Morgan fingerprint density at radius 3 is 2.00 bits per heavy atom. The molecule has 1 aromatic rings. The molecule has 130 valence electrons. The second-order valence-electron chi connectivity index (χ2n) is 4.41. The second-order valence-corrected chi connectivity index (χ2v) is 5.96. The van der Waals surface area contributed by atoms with E-state index in [0.717, 1.165) is 10.9 Å². The first kappa shape index (κ1) is 21.7. The topological polar surface area (TPSA) is 64.6 Å². The summed E-state index contributed by atoms with van der Waals surface area (Å²) in [5.41, 5.74) is 0.891. The van der Waals surface area contributed by atoms with Crippen LogP contribution < -0.4 is 10.6 Å². The van der Waals surface area contributed by atoms with E-state index in [4.69, 9.17) is 9.05 Å². The van der Waals surface area contributed by atoms with Crippen molar-refractivity contribution < 1.29 is 18.6 Å². The average molecular weight is 341 g/mol. The van der Waals surface area contributed by atoms with Crippen LogP contribution in [-0.4, -0.2) is 31.4 Å². The van der Waals surface area contributed by atoms with Gasteiger partial charge in [-0.05, 0) is 38.5 Å². The van der Waals surface area contributed by atoms with Crippen molar-refractivity contribution in [3.8, 4) is 0 Å². The molecule has 1 N–H and O–H groups in total. The normalized spacial score (nSPS) is 10.0. The van der Waals surface area contributed by atoms with E-state index in [0.29, 0.717) is 13.2 Å². The van der Waals surface area contributed by atoms with Gasteiger partial charge >= 0.3 is 0 Å². The van der Waals surface area contributed by atoms with Crippen molar-refractivity contribution in [1.29, 1.82) is 0 Å². The zero-order chi connectivity index (χ0) is 17.7. The summed E-state index contributed by atoms with van der Waals surface area (Å²) < 4.78 is 11.2. The summed E-state index contributed by atoms with van der Waals surface area (Å²) in [5.74, 6) is -0.215. The molecular weight excluding hydrogens is 313 g/mol. The van der Waals surface area contributed by atoms with E-state index in [1.165, 1.54) is 6.92 Å². The first-order valence-corrected chi connectivity index (χ1v) is 9.15. The Balaban J connectivity index is 0.00000232. The average Bonchev–Trinajstić information content (AvgIpc) is 2.55. The van der Waals surface area contributed by atoms with E-state index in [2.05, 4.69) is 5.32 Å². The number of ketones is 1. The van der Waals surface area contributed by atoms with Gasteiger partial charge in [-0.3, -0.25) is 9.59 Å². The number of amides is 1. The van der Waals surface area contributed by atoms with Crippen LogP contribution in [-0.2, 0) is 25.1 Å². The van der Waals surface area contributed by atoms with Gasteiger partial charge in [-0.25, -0.2) is 0 Å². The lowest BCUT2D eigenvalue weighted by atomic mass is 10.1. The molecule has 0 fully saturated rings. The monoisotopic (exact) mass is 341 g/mol. The molecule has 0 spiro atoms. The Morgan fingerprint density at radius 1 is 1.04 bits per heavy atom. The van der Waals surface area contributed by atoms with Gasteiger partial charge in [0.15, 0.2) is 0 Å². The molecule has 1 rings (SSSR count). The first-order chi connectivity index (χ1) is 11.1. The smallest absolute Gasteiger partial charge is 0.224 e. The van der Waals surface area contributed by atoms with Crippen LogP contribution >= 0.6 is 8.38 Å². The summed E-state index contributed by atoms with van der Waals surface area (Å²) in [6.45, 7) is 10.6. The quantitative estimate of drug-likeness (QED) is 0.702. The number of hydrogen-bond donors (Lipinski definition) is 1. The summed E-state index contributed by atoms with van der Waals surface area (Å²) in [7, 11) is -1.05. The van der Waals surface area contributed by atoms with Gasteiger partial charge in [-0.2, -0.15) is 0 Å². The molecule has 1 amide bonds. The van der Waals surface area contributed by atoms with Gasteiger partial charge in [0, 0.05) is 5.30 Å². The molecule has 6 heteroatoms. The maximum absolute atomic E-state index is 11.6. The molecule has 23 heavy (non-hydrogen) atoms. The Hall–Kier alpha value is -1.29. The maximum atomic E-state index is 11.6. The fraction of sp³-hybridized carbons (Fsp3) is 0.529. The van der Waals surface area contributed by atoms with E-state index in [9.17, 15) is 9.59 Å². The van der Waals surface area contributed by atoms with Crippen LogP contribution in [0.2, 0.25) is 0 Å². The SMILES string of the molecule is CC.CCOP(OCC)c1ccc(CC(=O)NCC(C)=O)cc1. The Bertz CT molecular complexity index is 456. The fourth-order valence-corrected chi connectivity index (χ4v) is 2.86. The fourth-order valence-electron chi connectivity index (χ4n) is 1.63. The van der Waals surface area contributed by atoms with Gasteiger partial charge in [0.2, 0.25) is 14.3 Å². The van der Waals surface area contributed by atoms with Crippen LogP contribution in [0.15, 0.2) is 24.3 Å². The standard InChI is InChI=1S/C15H22NO4P.C2H6/c1-4-19-21(20-5-2)14-8-6-13(7-9-14)10-15(18)16-11-12(3)17;1-2/h6-9H,4-5,10-11H2,1-3H3,(H,16,18);1-2H3. The van der Waals surface area contributed by atoms with Crippen LogP contribution in [0.4, 0.5) is 0 Å². The lowest BCUT2D eigenvalue weighted by Crippen LogP contribution is -2.29. The lowest BCUT2D eigenvalue weighted by molar-refractivity contribution is -0.124. The highest BCUT2D eigenvalue weighted by molar-refractivity contribution is 7.56. The second kappa shape index (κ2) is 13.2. The van der Waals surface area contributed by atoms with Crippen LogP contribution in [0.3, 0.4) is 0 Å². The summed E-state index contributed by atoms with van der Waals surface area (Å²) in [4.78, 5) is 22.4. The third-order valence-corrected chi connectivity index (χ3v) is 4.24. The van der Waals surface area contributed by atoms with Crippen LogP contribution in [0.1, 0.15) is 40.2 Å². The number of carbonyl (C=O) groups is 2. The van der Waals surface area contributed by atoms with E-state index in [-0.39, 0.29) is 24.7 Å². The molecule has 0 atom stereocenters. The molecule has 5 nitrogen and oxygen atoms in total. The molecule has 0 bridgehead atoms. The van der Waals surface area contributed by atoms with Crippen molar-refractivity contribution in [3.05, 3.63) is 29.8 Å². The molecule has 0 saturated carbocycles. The Kier molecular flexibility index (Phi) is 12.4. The highest BCUT2D eigenvalue weighted by Gasteiger charge is 2.12. The molecule has 0 unspecified atom stereocenters. The molecule has 0 aliphatic rings. The summed E-state index contributed by atoms with van der Waals surface area (Å²) >= 11 is 0. The molecule has 0 radical (unpaired) electrons. The predicted molar refractivity (Wildman–Crippen MR) is 95.0 cm³/mol. The van der Waals surface area contributed by atoms with Crippen molar-refractivity contribution in [1.82, 2.24) is 5.32 Å². The van der Waals surface area contributed by atoms with Crippen LogP contribution in [0, 0.1) is 0 Å². The number of carbonyl (C=O) groups excluding carboxylic acids is 2. The molecule has 0 aliphatic carbocycles. The summed E-state index contributed by atoms with van der Waals surface area (Å²) in [6, 6.07) is 7.61. The lowest BCUT2D eigenvalue weighted by Gasteiger charge is -2.16. The van der Waals surface area contributed by atoms with Crippen molar-refractivity contribution in [2.75, 3.05) is 19.8 Å². The van der Waals surface area contributed by atoms with E-state index >= 15 is 0 Å². The maximum Gasteiger partial charge on any atom is 0.224 e. The minimum atomic E-state index is -1.05. The summed E-state index contributed by atoms with van der Waals surface area (Å²) in [6.07, 6.45) is 0.259. The van der Waals surface area contributed by atoms with Gasteiger partial charge in [0.25, 0.3) is 0 Å². The third kappa shape index (κ3) is 9.44. The molecule has 0 aliphatic heterocycles. The zero-order valence-corrected chi connectivity index (χ0v) is 15.6. The summed E-state index contributed by atoms with van der Waals surface area (Å²) in [5, 5.41) is 3.56. The van der Waals surface area contributed by atoms with Gasteiger partial charge in [0.1, 0.15) is 5.78 Å². The minimum Gasteiger partial charge on any atom is -0.349 e. The largest absolute Gasteiger partial charge is 0.349 e. The first-order valence-electron chi connectivity index (χ1n) is 7.97. The molecular formula is C17H28NO4P. The number of Topliss-reactive ketones (excluding diaryl/α,β-unsaturated/α-hetero) is 1. The van der Waals surface area contributed by atoms with Crippen molar-refractivity contribution >= 4 is 25.4 Å². The number of rotatable bonds is 9.